The van der Waals surface area contributed by atoms with Crippen LogP contribution in [-0.4, -0.2) is 60.0 Å². The average molecular weight is 240 g/mol. The molecule has 0 aromatic carbocycles. The van der Waals surface area contributed by atoms with Crippen molar-refractivity contribution in [3.8, 4) is 0 Å². The average Bonchev–Trinajstić information content (AvgIpc) is 2.55. The second kappa shape index (κ2) is 4.27. The zero-order chi connectivity index (χ0) is 12.6. The number of nitrogens with zero attached hydrogens (tertiary/aromatic N) is 2. The van der Waals surface area contributed by atoms with Gasteiger partial charge in [-0.3, -0.25) is 9.69 Å². The van der Waals surface area contributed by atoms with Crippen LogP contribution in [-0.2, 0) is 4.79 Å². The molecule has 6 nitrogen and oxygen atoms in total. The van der Waals surface area contributed by atoms with Crippen LogP contribution in [0.15, 0.2) is 0 Å². The van der Waals surface area contributed by atoms with E-state index in [9.17, 15) is 9.59 Å². The van der Waals surface area contributed by atoms with Crippen molar-refractivity contribution in [1.82, 2.24) is 15.1 Å². The molecule has 2 saturated heterocycles. The Balaban J connectivity index is 2.18. The molecule has 17 heavy (non-hydrogen) atoms. The number of nitrogens with one attached hydrogen (secondary N) is 1. The number of urea groups is 1. The number of amides is 3. The van der Waals surface area contributed by atoms with E-state index in [2.05, 4.69) is 10.2 Å². The molecular formula is C11H20N4O2. The maximum absolute atomic E-state index is 12.4. The highest BCUT2D eigenvalue weighted by Gasteiger charge is 2.52. The molecule has 3 N–H and O–H groups in total. The summed E-state index contributed by atoms with van der Waals surface area (Å²) in [7, 11) is 2.02. The van der Waals surface area contributed by atoms with Crippen LogP contribution in [0.25, 0.3) is 0 Å². The van der Waals surface area contributed by atoms with Crippen LogP contribution in [0.3, 0.4) is 0 Å². The number of carbonyl (C=O) groups excluding carboxylic acids is 2. The van der Waals surface area contributed by atoms with E-state index in [4.69, 9.17) is 5.73 Å². The predicted octanol–water partition coefficient (Wildman–Crippen LogP) is -0.650. The Kier molecular flexibility index (Phi) is 3.09. The predicted molar refractivity (Wildman–Crippen MR) is 63.4 cm³/mol. The van der Waals surface area contributed by atoms with Gasteiger partial charge < -0.3 is 16.0 Å². The number of piperidine rings is 1. The Labute approximate surface area is 101 Å². The topological polar surface area (TPSA) is 78.7 Å². The fourth-order valence-electron chi connectivity index (χ4n) is 2.49. The van der Waals surface area contributed by atoms with Crippen LogP contribution in [0.1, 0.15) is 19.8 Å². The fraction of sp³-hybridized carbons (Fsp3) is 0.818. The lowest BCUT2D eigenvalue weighted by Crippen LogP contribution is -2.54. The van der Waals surface area contributed by atoms with Gasteiger partial charge in [0.15, 0.2) is 0 Å². The summed E-state index contributed by atoms with van der Waals surface area (Å²) in [5, 5.41) is 2.86. The van der Waals surface area contributed by atoms with Gasteiger partial charge in [-0.15, -0.1) is 0 Å². The third-order valence-electron chi connectivity index (χ3n) is 3.82. The van der Waals surface area contributed by atoms with Crippen molar-refractivity contribution in [3.05, 3.63) is 0 Å². The van der Waals surface area contributed by atoms with Crippen molar-refractivity contribution in [2.75, 3.05) is 26.7 Å². The third kappa shape index (κ3) is 1.91. The van der Waals surface area contributed by atoms with E-state index >= 15 is 0 Å². The van der Waals surface area contributed by atoms with E-state index in [1.165, 1.54) is 4.90 Å². The molecule has 1 atom stereocenters. The summed E-state index contributed by atoms with van der Waals surface area (Å²) in [6.45, 7) is 3.76. The van der Waals surface area contributed by atoms with Gasteiger partial charge in [0.1, 0.15) is 5.54 Å². The number of likely N-dealkylation sites (tertiary alicyclic amines) is 1. The molecule has 0 aromatic heterocycles. The normalized spacial score (nSPS) is 26.4. The highest BCUT2D eigenvalue weighted by Crippen LogP contribution is 2.29. The molecular weight excluding hydrogens is 220 g/mol. The Bertz CT molecular complexity index is 336. The molecule has 2 fully saturated rings. The number of carbonyl (C=O) groups is 2. The van der Waals surface area contributed by atoms with Gasteiger partial charge in [0, 0.05) is 19.6 Å². The van der Waals surface area contributed by atoms with Gasteiger partial charge in [-0.2, -0.15) is 0 Å². The molecule has 2 heterocycles. The van der Waals surface area contributed by atoms with Crippen LogP contribution < -0.4 is 11.1 Å². The van der Waals surface area contributed by atoms with Crippen molar-refractivity contribution >= 4 is 11.9 Å². The Morgan fingerprint density at radius 3 is 2.53 bits per heavy atom. The summed E-state index contributed by atoms with van der Waals surface area (Å²) < 4.78 is 0. The van der Waals surface area contributed by atoms with Crippen LogP contribution in [0.4, 0.5) is 4.79 Å². The summed E-state index contributed by atoms with van der Waals surface area (Å²) in [5.74, 6) is -0.103. The van der Waals surface area contributed by atoms with Gasteiger partial charge in [0.2, 0.25) is 0 Å². The summed E-state index contributed by atoms with van der Waals surface area (Å²) in [6, 6.07) is -0.529. The molecule has 2 aliphatic heterocycles. The quantitative estimate of drug-likeness (QED) is 0.629. The fourth-order valence-corrected chi connectivity index (χ4v) is 2.49. The third-order valence-corrected chi connectivity index (χ3v) is 3.82. The Morgan fingerprint density at radius 2 is 2.00 bits per heavy atom. The van der Waals surface area contributed by atoms with Gasteiger partial charge in [-0.05, 0) is 26.8 Å². The van der Waals surface area contributed by atoms with Crippen molar-refractivity contribution in [1.29, 1.82) is 0 Å². The molecule has 2 rings (SSSR count). The van der Waals surface area contributed by atoms with Crippen molar-refractivity contribution in [3.63, 3.8) is 0 Å². The van der Waals surface area contributed by atoms with Crippen molar-refractivity contribution in [2.24, 2.45) is 5.73 Å². The molecule has 0 bridgehead atoms. The maximum atomic E-state index is 12.4. The molecule has 0 aromatic rings. The monoisotopic (exact) mass is 240 g/mol. The number of hydrogen-bond acceptors (Lipinski definition) is 4. The first-order valence-corrected chi connectivity index (χ1v) is 6.04. The second-order valence-electron chi connectivity index (χ2n) is 5.08. The minimum atomic E-state index is -0.674. The first-order valence-electron chi connectivity index (χ1n) is 6.04. The van der Waals surface area contributed by atoms with Gasteiger partial charge in [0.05, 0.1) is 6.04 Å². The highest BCUT2D eigenvalue weighted by molar-refractivity contribution is 6.07. The molecule has 0 saturated carbocycles. The van der Waals surface area contributed by atoms with E-state index in [1.54, 1.807) is 6.92 Å². The first-order chi connectivity index (χ1) is 8.00. The van der Waals surface area contributed by atoms with Gasteiger partial charge in [0.25, 0.3) is 5.91 Å². The van der Waals surface area contributed by atoms with Crippen LogP contribution in [0, 0.1) is 0 Å². The molecule has 1 spiro atoms. The van der Waals surface area contributed by atoms with Crippen molar-refractivity contribution in [2.45, 2.75) is 31.3 Å². The minimum absolute atomic E-state index is 0.103. The van der Waals surface area contributed by atoms with E-state index in [1.807, 2.05) is 7.05 Å². The van der Waals surface area contributed by atoms with Gasteiger partial charge >= 0.3 is 6.03 Å². The lowest BCUT2D eigenvalue weighted by atomic mass is 9.87. The van der Waals surface area contributed by atoms with E-state index in [-0.39, 0.29) is 18.0 Å². The van der Waals surface area contributed by atoms with Gasteiger partial charge in [-0.1, -0.05) is 0 Å². The zero-order valence-corrected chi connectivity index (χ0v) is 10.4. The number of nitrogens with two attached hydrogens (primary N) is 1. The SMILES string of the molecule is CC(CN)N1C(=O)NC2(CCN(C)CC2)C1=O. The summed E-state index contributed by atoms with van der Waals surface area (Å²) in [5.41, 5.74) is 4.86. The minimum Gasteiger partial charge on any atom is -0.328 e. The van der Waals surface area contributed by atoms with E-state index < -0.39 is 5.54 Å². The summed E-state index contributed by atoms with van der Waals surface area (Å²) in [6.07, 6.45) is 1.36. The molecule has 6 heteroatoms. The highest BCUT2D eigenvalue weighted by atomic mass is 16.2. The van der Waals surface area contributed by atoms with E-state index in [0.717, 1.165) is 13.1 Å². The zero-order valence-electron chi connectivity index (χ0n) is 10.4. The summed E-state index contributed by atoms with van der Waals surface area (Å²) in [4.78, 5) is 27.7. The Hall–Kier alpha value is -1.14. The molecule has 0 aliphatic carbocycles. The molecule has 2 aliphatic rings. The van der Waals surface area contributed by atoms with Crippen LogP contribution >= 0.6 is 0 Å². The lowest BCUT2D eigenvalue weighted by molar-refractivity contribution is -0.134. The van der Waals surface area contributed by atoms with Crippen LogP contribution in [0.5, 0.6) is 0 Å². The largest absolute Gasteiger partial charge is 0.328 e. The number of rotatable bonds is 2. The second-order valence-corrected chi connectivity index (χ2v) is 5.08. The van der Waals surface area contributed by atoms with Gasteiger partial charge in [-0.25, -0.2) is 4.79 Å². The standard InChI is InChI=1S/C11H20N4O2/c1-8(7-12)15-9(16)11(13-10(15)17)3-5-14(2)6-4-11/h8H,3-7,12H2,1-2H3,(H,13,17). The smallest absolute Gasteiger partial charge is 0.325 e. The van der Waals surface area contributed by atoms with Crippen molar-refractivity contribution < 1.29 is 9.59 Å². The molecule has 96 valence electrons. The summed E-state index contributed by atoms with van der Waals surface area (Å²) >= 11 is 0. The maximum Gasteiger partial charge on any atom is 0.325 e. The lowest BCUT2D eigenvalue weighted by Gasteiger charge is -2.35. The molecule has 0 radical (unpaired) electrons. The number of hydrogen-bond donors (Lipinski definition) is 2. The van der Waals surface area contributed by atoms with Crippen LogP contribution in [0.2, 0.25) is 0 Å². The molecule has 1 unspecified atom stereocenters. The Morgan fingerprint density at radius 1 is 1.41 bits per heavy atom. The molecule has 3 amide bonds. The first kappa shape index (κ1) is 12.3. The number of imide groups is 1. The van der Waals surface area contributed by atoms with E-state index in [0.29, 0.717) is 19.4 Å².